The first kappa shape index (κ1) is 114. The van der Waals surface area contributed by atoms with Gasteiger partial charge in [-0.25, -0.2) is 58.4 Å². The van der Waals surface area contributed by atoms with E-state index >= 15 is 0 Å². The van der Waals surface area contributed by atoms with Crippen LogP contribution in [0.5, 0.6) is 0 Å². The van der Waals surface area contributed by atoms with Crippen molar-refractivity contribution >= 4 is 182 Å². The third kappa shape index (κ3) is 27.2. The van der Waals surface area contributed by atoms with E-state index < -0.39 is 268 Å². The zero-order valence-corrected chi connectivity index (χ0v) is 90.5. The summed E-state index contributed by atoms with van der Waals surface area (Å²) in [6.07, 6.45) is -19.2. The van der Waals surface area contributed by atoms with Gasteiger partial charge in [-0.15, -0.1) is 0 Å². The van der Waals surface area contributed by atoms with Gasteiger partial charge in [-0.05, 0) is 112 Å². The van der Waals surface area contributed by atoms with E-state index in [4.69, 9.17) is 201 Å². The average molecular weight is 2350 g/mol. The first-order valence-electron chi connectivity index (χ1n) is 44.6. The summed E-state index contributed by atoms with van der Waals surface area (Å²) in [6, 6.07) is 0. The Labute approximate surface area is 870 Å². The number of aryl methyl sites for hydroxylation is 5. The molecule has 74 heteroatoms. The second-order valence-corrected chi connectivity index (χ2v) is 54.1. The highest BCUT2D eigenvalue weighted by molar-refractivity contribution is 8.44. The summed E-state index contributed by atoms with van der Waals surface area (Å²) in [5.74, 6) is -0.250. The number of rotatable bonds is 44. The first-order valence-corrected chi connectivity index (χ1v) is 62.9. The molecule has 0 radical (unpaired) electrons. The Morgan fingerprint density at radius 2 is 0.696 bits per heavy atom. The molecule has 0 saturated carbocycles. The van der Waals surface area contributed by atoms with Crippen molar-refractivity contribution in [3.05, 3.63) is 157 Å². The minimum absolute atomic E-state index is 0.00671. The van der Waals surface area contributed by atoms with Crippen molar-refractivity contribution in [3.63, 3.8) is 0 Å². The van der Waals surface area contributed by atoms with Crippen molar-refractivity contribution in [2.24, 2.45) is 0 Å². The van der Waals surface area contributed by atoms with Gasteiger partial charge in [0.15, 0.2) is 29.2 Å². The van der Waals surface area contributed by atoms with E-state index in [2.05, 4.69) is 67.1 Å². The third-order valence-corrected chi connectivity index (χ3v) is 34.7. The molecule has 13 unspecified atom stereocenters. The van der Waals surface area contributed by atoms with Gasteiger partial charge in [-0.3, -0.25) is 65.1 Å². The number of nitrogens with zero attached hydrogens (tertiary/aromatic N) is 16. The lowest BCUT2D eigenvalue weighted by atomic mass is 10.1. The zero-order valence-electron chi connectivity index (χ0n) is 78.5. The Morgan fingerprint density at radius 1 is 0.385 bits per heavy atom. The molecule has 0 amide bonds. The summed E-state index contributed by atoms with van der Waals surface area (Å²) in [5.41, 5.74) is 26.2. The molecule has 28 atom stereocenters. The van der Waals surface area contributed by atoms with E-state index in [-0.39, 0.29) is 108 Å². The number of anilines is 5. The van der Waals surface area contributed by atoms with Gasteiger partial charge in [-0.2, -0.15) is 15.0 Å². The third-order valence-electron chi connectivity index (χ3n) is 24.4. The molecule has 0 bridgehead atoms. The van der Waals surface area contributed by atoms with E-state index in [9.17, 15) is 72.4 Å². The monoisotopic (exact) mass is 2350 g/mol. The Morgan fingerprint density at radius 3 is 1.05 bits per heavy atom. The van der Waals surface area contributed by atoms with Crippen molar-refractivity contribution in [1.29, 1.82) is 0 Å². The van der Waals surface area contributed by atoms with Crippen LogP contribution < -0.4 is 68.2 Å². The fraction of sp³-hybridized carbons (Fsp3) is 0.595. The van der Waals surface area contributed by atoms with Gasteiger partial charge >= 0.3 is 75.6 Å². The Kier molecular flexibility index (Phi) is 35.8. The topological polar surface area (TPSA) is 793 Å². The molecule has 148 heavy (non-hydrogen) atoms. The van der Waals surface area contributed by atoms with Crippen LogP contribution in [0.2, 0.25) is 0 Å². The van der Waals surface area contributed by atoms with Gasteiger partial charge in [0.05, 0.1) is 108 Å². The fourth-order valence-electron chi connectivity index (χ4n) is 17.1. The lowest BCUT2D eigenvalue weighted by Gasteiger charge is -2.29. The molecule has 812 valence electrons. The minimum Gasteiger partial charge on any atom is -0.383 e. The molecule has 19 N–H and O–H groups in total. The smallest absolute Gasteiger partial charge is 0.383 e. The molecular formula is C74H102N23O37P7S7. The molecule has 0 aliphatic carbocycles. The Balaban J connectivity index is 0.609. The Bertz CT molecular complexity index is 7280. The van der Waals surface area contributed by atoms with Gasteiger partial charge in [0.25, 0.3) is 11.1 Å². The molecule has 7 fully saturated rings. The van der Waals surface area contributed by atoms with Crippen LogP contribution in [0.3, 0.4) is 0 Å². The predicted molar refractivity (Wildman–Crippen MR) is 539 cm³/mol. The number of nitrogens with one attached hydrogen (secondary N) is 2. The van der Waals surface area contributed by atoms with Crippen molar-refractivity contribution < 1.29 is 140 Å². The van der Waals surface area contributed by atoms with Gasteiger partial charge in [0, 0.05) is 104 Å². The quantitative estimate of drug-likeness (QED) is 0.0145. The molecule has 9 aromatic heterocycles. The lowest BCUT2D eigenvalue weighted by molar-refractivity contribution is -0.0777. The van der Waals surface area contributed by atoms with Gasteiger partial charge in [0.2, 0.25) is 0 Å². The number of aromatic amines is 2. The van der Waals surface area contributed by atoms with Crippen molar-refractivity contribution in [2.75, 3.05) is 88.6 Å². The summed E-state index contributed by atoms with van der Waals surface area (Å²) in [7, 11) is 1.41. The second-order valence-electron chi connectivity index (χ2n) is 34.6. The number of ether oxygens (including phenoxy) is 9. The molecule has 16 rings (SSSR count). The number of H-pyrrole nitrogens is 2. The number of aromatic nitrogens is 18. The number of hydrogen-bond acceptors (Lipinski definition) is 50. The van der Waals surface area contributed by atoms with Crippen LogP contribution in [0.25, 0.3) is 22.3 Å². The maximum atomic E-state index is 14.3. The molecule has 16 heterocycles. The number of thiol groups is 1. The van der Waals surface area contributed by atoms with Gasteiger partial charge < -0.3 is 151 Å². The van der Waals surface area contributed by atoms with Crippen LogP contribution in [-0.2, 0) is 177 Å². The molecule has 7 aliphatic heterocycles. The van der Waals surface area contributed by atoms with Crippen LogP contribution >= 0.6 is 59.4 Å². The molecule has 7 aliphatic rings. The van der Waals surface area contributed by atoms with Crippen molar-refractivity contribution in [2.45, 2.75) is 222 Å². The van der Waals surface area contributed by atoms with E-state index in [0.29, 0.717) is 23.1 Å². The van der Waals surface area contributed by atoms with Gasteiger partial charge in [-0.1, -0.05) is 19.2 Å². The van der Waals surface area contributed by atoms with Crippen molar-refractivity contribution in [3.8, 4) is 0 Å². The lowest BCUT2D eigenvalue weighted by Crippen LogP contribution is -2.38. The molecule has 9 aromatic rings. The van der Waals surface area contributed by atoms with Crippen LogP contribution in [0.4, 0.5) is 29.1 Å². The minimum atomic E-state index is -4.75. The number of nitrogen functional groups attached to an aromatic ring is 5. The number of fused-ring (bicyclic) bond motifs is 2. The average Bonchev–Trinajstić information content (AvgIpc) is 1.29. The molecular weight excluding hydrogens is 2240 g/mol. The molecule has 60 nitrogen and oxygen atoms in total. The van der Waals surface area contributed by atoms with Crippen molar-refractivity contribution in [1.82, 2.24) is 86.8 Å². The highest BCUT2D eigenvalue weighted by atomic mass is 32.7. The highest BCUT2D eigenvalue weighted by Crippen LogP contribution is 2.60. The number of methoxy groups -OCH3 is 1. The highest BCUT2D eigenvalue weighted by Gasteiger charge is 2.54. The van der Waals surface area contributed by atoms with Gasteiger partial charge in [0.1, 0.15) is 127 Å². The fourth-order valence-corrected chi connectivity index (χ4v) is 26.9. The standard InChI is InChI=1S/C74H102N23O37P7S7/c1-8-37-38(11-50(121-37)91-17-32(2)60(75)86-70(91)100)128-136(107,143)115-22-46-41(14-53(124-46)94-20-35(5)67(98)89-73(94)103)130-138(109,145)117-25-47-42(15-54(125-47)95-21-36(6)68(99)90-74(95)104)131-139(110,146)119-26-48-43(16-55(126-48)96-30-84-56-63(78)80-28-82-65(56)96)133-140(111,147)118-23-44-39(12-51(122-44)92-18-33(3)61(76)87-71(92)101)129-137(108,144)116-24-45-40(13-52(123-45)93-19-34(4)62(77)88-72(93)102)132-141(112,148)120-27-49-58(134-135(105,106)142)59(114-10-9-113-7)69(127-49)97-31-85-57-64(79)81-29-83-66(57)97/h17-21,28-31,37-55,58-59,69H,8-16,22-27H2,1-7H3,(H,107,143)(H,108,144)(H,109,145)(H,110,146)(H,111,147)(H,112,148)(H2,75,86,100)(H2,76,87,101)(H2,77,88,102)(H2,78,80,82)(H2,79,81,83)(H,89,98,103)(H,90,99,104)(H2,105,106,142)/t37-,38?,39?,40?,41?,42?,43?,44-,45-,46-,47-,48-,49-,50-,51-,52-,53-,54-,55-,58?,59+,69-,136?,137?,138?,139?,140?,141?/m1/s1. The second kappa shape index (κ2) is 46.4. The van der Waals surface area contributed by atoms with Crippen LogP contribution in [0.1, 0.15) is 123 Å². The van der Waals surface area contributed by atoms with E-state index in [1.165, 1.54) is 84.6 Å². The van der Waals surface area contributed by atoms with E-state index in [1.54, 1.807) is 27.7 Å². The number of imidazole rings is 2. The molecule has 7 saturated heterocycles. The first-order chi connectivity index (χ1) is 69.7. The molecule has 0 spiro atoms. The van der Waals surface area contributed by atoms with Crippen LogP contribution in [0.15, 0.2) is 89.9 Å². The number of hydrogen-bond donors (Lipinski definition) is 15. The summed E-state index contributed by atoms with van der Waals surface area (Å²) in [5, 5.41) is 0. The van der Waals surface area contributed by atoms with E-state index in [1.807, 2.05) is 0 Å². The summed E-state index contributed by atoms with van der Waals surface area (Å²) < 4.78 is 157. The predicted octanol–water partition coefficient (Wildman–Crippen LogP) is 1.18. The summed E-state index contributed by atoms with van der Waals surface area (Å²) >= 11 is 37.5. The maximum absolute atomic E-state index is 14.3. The molecule has 0 aromatic carbocycles. The largest absolute Gasteiger partial charge is 0.386 e. The normalized spacial score (nSPS) is 29.4. The summed E-state index contributed by atoms with van der Waals surface area (Å²) in [4.78, 5) is 216. The SMILES string of the molecule is CC[C@H]1O[C@@H](n2cc(C)c(N)nc2=O)CC1OP(=O)(S)OC[C@H]1O[C@@H](n2cc(C)c(=O)[nH]c2=O)CC1OP(O)(=S)OC[C@H]1O[C@@H](n2cc(C)c(=O)[nH]c2=O)CC1OP(O)(=S)OC[C@H]1O[C@@H](n2cnc3c(N)ncnc32)CC1OP(O)(=S)OC[C@H]1O[C@@H](n2cc(C)c(N)nc2=O)CC1OP(O)(=S)OC[C@H]1O[C@@H](n2cc(C)c(N)nc2=O)CC1OP(O)(=S)OC[C@H]1O[C@@H](n2cnc3c(N)ncnc32)[C@@H](OCCOC)C1OP(O)(O)=S. The van der Waals surface area contributed by atoms with E-state index in [0.717, 1.165) is 24.6 Å². The van der Waals surface area contributed by atoms with Crippen LogP contribution in [0, 0.1) is 34.6 Å². The maximum Gasteiger partial charge on any atom is 0.386 e. The zero-order chi connectivity index (χ0) is 107. The van der Waals surface area contributed by atoms with Crippen LogP contribution in [-0.4, -0.2) is 273 Å². The summed E-state index contributed by atoms with van der Waals surface area (Å²) in [6.45, 7) is -28.0. The Hall–Kier alpha value is -6.58. The number of nitrogens with two attached hydrogens (primary N) is 5.